The van der Waals surface area contributed by atoms with Gasteiger partial charge in [-0.2, -0.15) is 0 Å². The average Bonchev–Trinajstić information content (AvgIpc) is 3.18. The minimum Gasteiger partial charge on any atom is -0.457 e. The van der Waals surface area contributed by atoms with E-state index in [4.69, 9.17) is 18.5 Å². The lowest BCUT2D eigenvalue weighted by molar-refractivity contribution is -0.870. The van der Waals surface area contributed by atoms with Gasteiger partial charge < -0.3 is 18.9 Å². The van der Waals surface area contributed by atoms with Crippen LogP contribution in [-0.2, 0) is 27.9 Å². The summed E-state index contributed by atoms with van der Waals surface area (Å²) < 4.78 is 35.1. The highest BCUT2D eigenvalue weighted by atomic mass is 31.2. The van der Waals surface area contributed by atoms with Crippen LogP contribution in [0.2, 0.25) is 0 Å². The molecule has 2 atom stereocenters. The fraction of sp³-hybridized carbons (Fsp3) is 0.898. The lowest BCUT2D eigenvalue weighted by atomic mass is 10.1. The standard InChI is InChI=1S/C49H96NO7P/c1-6-8-10-12-14-16-18-20-22-24-25-26-28-30-32-34-36-38-40-42-49(51)57-48(47-56-58(52,53)55-45-43-50(3,4)5)46-54-44-41-39-37-35-33-31-29-27-23-21-19-17-15-13-11-9-7-2/h20,22-23,27,48H,6-19,21,24-26,28-47H2,1-5H3/p+1/b22-20-,27-23-. The molecule has 2 unspecified atom stereocenters. The number of phosphoric acid groups is 1. The van der Waals surface area contributed by atoms with Gasteiger partial charge in [-0.25, -0.2) is 4.57 Å². The van der Waals surface area contributed by atoms with Gasteiger partial charge in [0, 0.05) is 13.0 Å². The van der Waals surface area contributed by atoms with Crippen molar-refractivity contribution in [2.45, 2.75) is 232 Å². The first-order valence-corrected chi connectivity index (χ1v) is 26.1. The zero-order valence-corrected chi connectivity index (χ0v) is 39.9. The lowest BCUT2D eigenvalue weighted by Gasteiger charge is -2.24. The highest BCUT2D eigenvalue weighted by molar-refractivity contribution is 7.47. The molecule has 0 aromatic rings. The molecule has 58 heavy (non-hydrogen) atoms. The minimum absolute atomic E-state index is 0.0885. The molecule has 0 saturated heterocycles. The first-order chi connectivity index (χ1) is 28.1. The summed E-state index contributed by atoms with van der Waals surface area (Å²) in [6.07, 6.45) is 49.3. The second-order valence-electron chi connectivity index (χ2n) is 17.8. The molecule has 1 N–H and O–H groups in total. The van der Waals surface area contributed by atoms with Crippen molar-refractivity contribution < 1.29 is 37.3 Å². The van der Waals surface area contributed by atoms with Crippen LogP contribution in [0.1, 0.15) is 226 Å². The van der Waals surface area contributed by atoms with Gasteiger partial charge in [0.05, 0.1) is 34.4 Å². The van der Waals surface area contributed by atoms with Crippen LogP contribution in [0.3, 0.4) is 0 Å². The predicted octanol–water partition coefficient (Wildman–Crippen LogP) is 14.8. The van der Waals surface area contributed by atoms with E-state index < -0.39 is 13.9 Å². The van der Waals surface area contributed by atoms with Crippen LogP contribution < -0.4 is 0 Å². The number of esters is 1. The average molecular weight is 843 g/mol. The highest BCUT2D eigenvalue weighted by Crippen LogP contribution is 2.43. The largest absolute Gasteiger partial charge is 0.472 e. The van der Waals surface area contributed by atoms with Crippen molar-refractivity contribution in [3.05, 3.63) is 24.3 Å². The van der Waals surface area contributed by atoms with Crippen molar-refractivity contribution in [3.63, 3.8) is 0 Å². The van der Waals surface area contributed by atoms with Crippen molar-refractivity contribution >= 4 is 13.8 Å². The number of rotatable bonds is 46. The fourth-order valence-corrected chi connectivity index (χ4v) is 7.64. The molecule has 8 nitrogen and oxygen atoms in total. The van der Waals surface area contributed by atoms with Crippen molar-refractivity contribution in [1.29, 1.82) is 0 Å². The molecule has 0 aromatic heterocycles. The molecule has 0 amide bonds. The Morgan fingerprint density at radius 1 is 0.517 bits per heavy atom. The summed E-state index contributed by atoms with van der Waals surface area (Å²) in [6.45, 7) is 5.64. The van der Waals surface area contributed by atoms with E-state index in [1.165, 1.54) is 173 Å². The normalized spacial score (nSPS) is 13.8. The Bertz CT molecular complexity index is 983. The summed E-state index contributed by atoms with van der Waals surface area (Å²) in [6, 6.07) is 0. The Kier molecular flexibility index (Phi) is 41.9. The molecule has 344 valence electrons. The number of allylic oxidation sites excluding steroid dienone is 4. The van der Waals surface area contributed by atoms with Crippen LogP contribution >= 0.6 is 7.82 Å². The van der Waals surface area contributed by atoms with E-state index in [9.17, 15) is 14.3 Å². The van der Waals surface area contributed by atoms with Crippen molar-refractivity contribution in [1.82, 2.24) is 0 Å². The molecule has 0 saturated carbocycles. The molecule has 0 spiro atoms. The van der Waals surface area contributed by atoms with Crippen molar-refractivity contribution in [2.24, 2.45) is 0 Å². The summed E-state index contributed by atoms with van der Waals surface area (Å²) in [4.78, 5) is 23.0. The summed E-state index contributed by atoms with van der Waals surface area (Å²) in [5, 5.41) is 0. The fourth-order valence-electron chi connectivity index (χ4n) is 6.90. The van der Waals surface area contributed by atoms with Crippen LogP contribution in [0.5, 0.6) is 0 Å². The molecular weight excluding hydrogens is 746 g/mol. The topological polar surface area (TPSA) is 91.3 Å². The maximum Gasteiger partial charge on any atom is 0.472 e. The number of unbranched alkanes of at least 4 members (excludes halogenated alkanes) is 28. The van der Waals surface area contributed by atoms with Gasteiger partial charge in [-0.3, -0.25) is 13.8 Å². The zero-order valence-electron chi connectivity index (χ0n) is 39.0. The SMILES string of the molecule is CCCCCCCC/C=C\CCCCCCCCCCCC(=O)OC(COCCCCCCCC/C=C\CCCCCCCCC)COP(=O)(O)OCC[N+](C)(C)C. The Labute approximate surface area is 360 Å². The van der Waals surface area contributed by atoms with Crippen LogP contribution in [0.25, 0.3) is 0 Å². The molecule has 0 aliphatic carbocycles. The van der Waals surface area contributed by atoms with Gasteiger partial charge in [-0.05, 0) is 64.2 Å². The van der Waals surface area contributed by atoms with E-state index in [0.717, 1.165) is 32.1 Å². The molecule has 0 aliphatic heterocycles. The van der Waals surface area contributed by atoms with Gasteiger partial charge in [0.2, 0.25) is 0 Å². The molecule has 0 rings (SSSR count). The minimum atomic E-state index is -4.28. The third-order valence-corrected chi connectivity index (χ3v) is 11.7. The number of ether oxygens (including phenoxy) is 2. The van der Waals surface area contributed by atoms with Gasteiger partial charge in [0.15, 0.2) is 0 Å². The second kappa shape index (κ2) is 42.7. The monoisotopic (exact) mass is 843 g/mol. The van der Waals surface area contributed by atoms with E-state index >= 15 is 0 Å². The molecule has 0 bridgehead atoms. The zero-order chi connectivity index (χ0) is 42.7. The molecule has 0 radical (unpaired) electrons. The molecule has 0 fully saturated rings. The third kappa shape index (κ3) is 46.1. The number of hydrogen-bond acceptors (Lipinski definition) is 6. The first kappa shape index (κ1) is 57.0. The van der Waals surface area contributed by atoms with E-state index in [1.54, 1.807) is 0 Å². The Hall–Kier alpha value is -1.02. The number of likely N-dealkylation sites (N-methyl/N-ethyl adjacent to an activating group) is 1. The predicted molar refractivity (Wildman–Crippen MR) is 247 cm³/mol. The van der Waals surface area contributed by atoms with Gasteiger partial charge >= 0.3 is 13.8 Å². The highest BCUT2D eigenvalue weighted by Gasteiger charge is 2.26. The van der Waals surface area contributed by atoms with Gasteiger partial charge in [-0.15, -0.1) is 0 Å². The summed E-state index contributed by atoms with van der Waals surface area (Å²) in [5.41, 5.74) is 0. The maximum atomic E-state index is 12.7. The summed E-state index contributed by atoms with van der Waals surface area (Å²) >= 11 is 0. The number of quaternary nitrogens is 1. The van der Waals surface area contributed by atoms with E-state index in [0.29, 0.717) is 24.1 Å². The van der Waals surface area contributed by atoms with Crippen LogP contribution in [0.15, 0.2) is 24.3 Å². The summed E-state index contributed by atoms with van der Waals surface area (Å²) in [7, 11) is 1.67. The second-order valence-corrected chi connectivity index (χ2v) is 19.3. The van der Waals surface area contributed by atoms with E-state index in [-0.39, 0.29) is 25.8 Å². The van der Waals surface area contributed by atoms with Crippen LogP contribution in [0.4, 0.5) is 0 Å². The molecule has 0 aromatic carbocycles. The van der Waals surface area contributed by atoms with Crippen molar-refractivity contribution in [2.75, 3.05) is 54.1 Å². The van der Waals surface area contributed by atoms with Crippen LogP contribution in [-0.4, -0.2) is 75.6 Å². The van der Waals surface area contributed by atoms with Crippen LogP contribution in [0, 0.1) is 0 Å². The Balaban J connectivity index is 4.17. The molecule has 9 heteroatoms. The van der Waals surface area contributed by atoms with Gasteiger partial charge in [0.1, 0.15) is 19.3 Å². The number of carbonyl (C=O) groups is 1. The van der Waals surface area contributed by atoms with E-state index in [2.05, 4.69) is 38.2 Å². The first-order valence-electron chi connectivity index (χ1n) is 24.6. The number of phosphoric ester groups is 1. The molecule has 0 aliphatic rings. The van der Waals surface area contributed by atoms with E-state index in [1.807, 2.05) is 21.1 Å². The quantitative estimate of drug-likeness (QED) is 0.0215. The Morgan fingerprint density at radius 3 is 1.31 bits per heavy atom. The number of carbonyl (C=O) groups excluding carboxylic acids is 1. The van der Waals surface area contributed by atoms with Gasteiger partial charge in [0.25, 0.3) is 0 Å². The Morgan fingerprint density at radius 2 is 0.897 bits per heavy atom. The summed E-state index contributed by atoms with van der Waals surface area (Å²) in [5.74, 6) is -0.315. The van der Waals surface area contributed by atoms with Gasteiger partial charge in [-0.1, -0.05) is 179 Å². The molecule has 0 heterocycles. The lowest BCUT2D eigenvalue weighted by Crippen LogP contribution is -2.37. The molecular formula is C49H97NO7P+. The van der Waals surface area contributed by atoms with Crippen molar-refractivity contribution in [3.8, 4) is 0 Å². The number of nitrogens with zero attached hydrogens (tertiary/aromatic N) is 1. The maximum absolute atomic E-state index is 12.7. The smallest absolute Gasteiger partial charge is 0.457 e. The third-order valence-electron chi connectivity index (χ3n) is 10.7. The number of hydrogen-bond donors (Lipinski definition) is 1.